The summed E-state index contributed by atoms with van der Waals surface area (Å²) in [7, 11) is 0. The summed E-state index contributed by atoms with van der Waals surface area (Å²) in [5.74, 6) is -1.05. The second-order valence-corrected chi connectivity index (χ2v) is 5.71. The van der Waals surface area contributed by atoms with Gasteiger partial charge in [0.25, 0.3) is 0 Å². The van der Waals surface area contributed by atoms with E-state index in [0.717, 1.165) is 5.57 Å². The first kappa shape index (κ1) is 18.1. The van der Waals surface area contributed by atoms with E-state index < -0.39 is 5.78 Å². The summed E-state index contributed by atoms with van der Waals surface area (Å²) in [5, 5.41) is 39.3. The Hall–Kier alpha value is -3.21. The van der Waals surface area contributed by atoms with Crippen molar-refractivity contribution in [1.82, 2.24) is 0 Å². The Kier molecular flexibility index (Phi) is 5.49. The fraction of sp³-hybridized carbons (Fsp3) is 0.150. The monoisotopic (exact) mass is 340 g/mol. The number of carbonyl (C=O) groups is 1. The van der Waals surface area contributed by atoms with Crippen LogP contribution >= 0.6 is 0 Å². The van der Waals surface area contributed by atoms with Crippen LogP contribution in [-0.2, 0) is 6.42 Å². The van der Waals surface area contributed by atoms with Crippen LogP contribution in [0.25, 0.3) is 6.08 Å². The number of hydrogen-bond acceptors (Lipinski definition) is 5. The Balaban J connectivity index is 2.33. The second kappa shape index (κ2) is 7.57. The normalized spacial score (nSPS) is 11.8. The van der Waals surface area contributed by atoms with E-state index in [1.807, 2.05) is 19.9 Å². The first-order chi connectivity index (χ1) is 11.8. The van der Waals surface area contributed by atoms with E-state index >= 15 is 0 Å². The Bertz CT molecular complexity index is 863. The molecule has 130 valence electrons. The number of hydrogen-bond donors (Lipinski definition) is 4. The van der Waals surface area contributed by atoms with Gasteiger partial charge in [0.2, 0.25) is 0 Å². The van der Waals surface area contributed by atoms with Gasteiger partial charge in [0.15, 0.2) is 5.78 Å². The number of phenolic OH excluding ortho intramolecular Hbond substituents is 4. The van der Waals surface area contributed by atoms with E-state index in [1.165, 1.54) is 42.5 Å². The molecule has 0 unspecified atom stereocenters. The number of rotatable bonds is 5. The van der Waals surface area contributed by atoms with Gasteiger partial charge in [-0.1, -0.05) is 11.6 Å². The summed E-state index contributed by atoms with van der Waals surface area (Å²) in [6, 6.07) is 6.74. The topological polar surface area (TPSA) is 98.0 Å². The van der Waals surface area contributed by atoms with Crippen LogP contribution in [0.2, 0.25) is 0 Å². The van der Waals surface area contributed by atoms with E-state index in [-0.39, 0.29) is 28.6 Å². The third-order valence-corrected chi connectivity index (χ3v) is 3.90. The molecule has 0 aliphatic carbocycles. The smallest absolute Gasteiger partial charge is 0.189 e. The Morgan fingerprint density at radius 1 is 1.04 bits per heavy atom. The van der Waals surface area contributed by atoms with Crippen LogP contribution in [0.4, 0.5) is 0 Å². The molecule has 0 saturated heterocycles. The van der Waals surface area contributed by atoms with Crippen molar-refractivity contribution in [1.29, 1.82) is 0 Å². The van der Waals surface area contributed by atoms with Crippen molar-refractivity contribution in [2.75, 3.05) is 0 Å². The second-order valence-electron chi connectivity index (χ2n) is 5.71. The lowest BCUT2D eigenvalue weighted by molar-refractivity contribution is 0.104. The highest BCUT2D eigenvalue weighted by Gasteiger charge is 2.16. The summed E-state index contributed by atoms with van der Waals surface area (Å²) >= 11 is 0. The van der Waals surface area contributed by atoms with Crippen LogP contribution in [0.1, 0.15) is 35.3 Å². The average molecular weight is 340 g/mol. The maximum absolute atomic E-state index is 12.4. The predicted molar refractivity (Wildman–Crippen MR) is 96.0 cm³/mol. The van der Waals surface area contributed by atoms with E-state index in [4.69, 9.17) is 0 Å². The van der Waals surface area contributed by atoms with Gasteiger partial charge in [-0.25, -0.2) is 0 Å². The minimum Gasteiger partial charge on any atom is -0.508 e. The molecular formula is C20H20O5. The molecule has 4 N–H and O–H groups in total. The van der Waals surface area contributed by atoms with Crippen LogP contribution in [0.5, 0.6) is 23.0 Å². The lowest BCUT2D eigenvalue weighted by Gasteiger charge is -2.10. The number of ketones is 1. The molecule has 5 nitrogen and oxygen atoms in total. The van der Waals surface area contributed by atoms with Gasteiger partial charge in [-0.05, 0) is 50.3 Å². The van der Waals surface area contributed by atoms with Crippen molar-refractivity contribution in [2.24, 2.45) is 0 Å². The zero-order valence-electron chi connectivity index (χ0n) is 14.0. The van der Waals surface area contributed by atoms with Crippen molar-refractivity contribution in [3.63, 3.8) is 0 Å². The summed E-state index contributed by atoms with van der Waals surface area (Å²) < 4.78 is 0. The summed E-state index contributed by atoms with van der Waals surface area (Å²) in [5.41, 5.74) is 1.66. The first-order valence-corrected chi connectivity index (χ1v) is 7.73. The van der Waals surface area contributed by atoms with Gasteiger partial charge in [-0.3, -0.25) is 4.79 Å². The molecule has 0 radical (unpaired) electrons. The highest BCUT2D eigenvalue weighted by molar-refractivity contribution is 6.09. The summed E-state index contributed by atoms with van der Waals surface area (Å²) in [6.45, 7) is 3.71. The van der Waals surface area contributed by atoms with Gasteiger partial charge in [-0.15, -0.1) is 0 Å². The van der Waals surface area contributed by atoms with Gasteiger partial charge < -0.3 is 20.4 Å². The van der Waals surface area contributed by atoms with E-state index in [0.29, 0.717) is 17.5 Å². The Labute approximate surface area is 145 Å². The zero-order chi connectivity index (χ0) is 18.6. The van der Waals surface area contributed by atoms with E-state index in [1.54, 1.807) is 0 Å². The number of aromatic hydroxyl groups is 4. The molecule has 0 aliphatic rings. The average Bonchev–Trinajstić information content (AvgIpc) is 2.57. The molecule has 2 rings (SSSR count). The zero-order valence-corrected chi connectivity index (χ0v) is 14.0. The van der Waals surface area contributed by atoms with Crippen LogP contribution < -0.4 is 0 Å². The standard InChI is InChI=1S/C20H20O5/c1-3-12(2)10-16-18(23)9-7-15(20(16)25)17(22)8-5-13-4-6-14(21)11-19(13)24/h3-9,11,21,23-25H,10H2,1-2H3/b8-5+,12-3+. The van der Waals surface area contributed by atoms with Gasteiger partial charge in [0.1, 0.15) is 23.0 Å². The molecule has 5 heteroatoms. The quantitative estimate of drug-likeness (QED) is 0.376. The molecule has 0 aliphatic heterocycles. The molecule has 0 atom stereocenters. The largest absolute Gasteiger partial charge is 0.508 e. The molecule has 0 spiro atoms. The Morgan fingerprint density at radius 2 is 1.76 bits per heavy atom. The number of phenols is 4. The van der Waals surface area contributed by atoms with Crippen LogP contribution in [0.3, 0.4) is 0 Å². The molecule has 0 heterocycles. The lowest BCUT2D eigenvalue weighted by atomic mass is 9.98. The van der Waals surface area contributed by atoms with Gasteiger partial charge in [0.05, 0.1) is 5.56 Å². The number of benzene rings is 2. The first-order valence-electron chi connectivity index (χ1n) is 7.73. The van der Waals surface area contributed by atoms with E-state index in [2.05, 4.69) is 0 Å². The van der Waals surface area contributed by atoms with Crippen molar-refractivity contribution in [2.45, 2.75) is 20.3 Å². The fourth-order valence-corrected chi connectivity index (χ4v) is 2.31. The number of allylic oxidation sites excluding steroid dienone is 3. The Morgan fingerprint density at radius 3 is 2.40 bits per heavy atom. The van der Waals surface area contributed by atoms with E-state index in [9.17, 15) is 25.2 Å². The molecule has 0 amide bonds. The highest BCUT2D eigenvalue weighted by atomic mass is 16.3. The number of carbonyl (C=O) groups excluding carboxylic acids is 1. The minimum atomic E-state index is -0.468. The SMILES string of the molecule is C/C=C(\C)Cc1c(O)ccc(C(=O)/C=C/c2ccc(O)cc2O)c1O. The van der Waals surface area contributed by atoms with Crippen LogP contribution in [-0.4, -0.2) is 26.2 Å². The van der Waals surface area contributed by atoms with Gasteiger partial charge >= 0.3 is 0 Å². The van der Waals surface area contributed by atoms with Crippen molar-refractivity contribution < 1.29 is 25.2 Å². The third-order valence-electron chi connectivity index (χ3n) is 3.90. The van der Waals surface area contributed by atoms with Crippen molar-refractivity contribution in [3.8, 4) is 23.0 Å². The van der Waals surface area contributed by atoms with Crippen molar-refractivity contribution >= 4 is 11.9 Å². The molecule has 2 aromatic rings. The fourth-order valence-electron chi connectivity index (χ4n) is 2.31. The molecule has 2 aromatic carbocycles. The third kappa shape index (κ3) is 4.20. The molecule has 0 aromatic heterocycles. The summed E-state index contributed by atoms with van der Waals surface area (Å²) in [6.07, 6.45) is 4.80. The van der Waals surface area contributed by atoms with Gasteiger partial charge in [0, 0.05) is 23.6 Å². The van der Waals surface area contributed by atoms with Crippen LogP contribution in [0.15, 0.2) is 48.1 Å². The predicted octanol–water partition coefficient (Wildman–Crippen LogP) is 3.91. The lowest BCUT2D eigenvalue weighted by Crippen LogP contribution is -1.99. The van der Waals surface area contributed by atoms with Crippen molar-refractivity contribution in [3.05, 3.63) is 64.7 Å². The maximum atomic E-state index is 12.4. The molecule has 25 heavy (non-hydrogen) atoms. The molecule has 0 fully saturated rings. The minimum absolute atomic E-state index is 0.0613. The summed E-state index contributed by atoms with van der Waals surface area (Å²) in [4.78, 5) is 12.4. The molecule has 0 bridgehead atoms. The van der Waals surface area contributed by atoms with Crippen LogP contribution in [0, 0.1) is 0 Å². The molecular weight excluding hydrogens is 320 g/mol. The van der Waals surface area contributed by atoms with Gasteiger partial charge in [-0.2, -0.15) is 0 Å². The molecule has 0 saturated carbocycles. The highest BCUT2D eigenvalue weighted by Crippen LogP contribution is 2.33. The maximum Gasteiger partial charge on any atom is 0.189 e.